The number of nitrogens with one attached hydrogen (secondary N) is 1. The van der Waals surface area contributed by atoms with Crippen LogP contribution < -0.4 is 5.32 Å². The summed E-state index contributed by atoms with van der Waals surface area (Å²) < 4.78 is 0. The van der Waals surface area contributed by atoms with Crippen molar-refractivity contribution in [1.82, 2.24) is 9.97 Å². The van der Waals surface area contributed by atoms with Gasteiger partial charge in [-0.05, 0) is 17.7 Å². The molecule has 0 atom stereocenters. The largest absolute Gasteiger partial charge is 0.365 e. The van der Waals surface area contributed by atoms with Gasteiger partial charge in [-0.1, -0.05) is 49.6 Å². The maximum absolute atomic E-state index is 9.59. The van der Waals surface area contributed by atoms with Crippen molar-refractivity contribution in [2.45, 2.75) is 0 Å². The third-order valence-electron chi connectivity index (χ3n) is 3.73. The van der Waals surface area contributed by atoms with Crippen LogP contribution in [0.1, 0.15) is 5.56 Å². The van der Waals surface area contributed by atoms with Crippen LogP contribution in [0.2, 0.25) is 0 Å². The number of aromatic nitrogens is 2. The lowest BCUT2D eigenvalue weighted by molar-refractivity contribution is 1.19. The fraction of sp³-hybridized carbons (Fsp3) is 0.0500. The number of pyridine rings is 2. The van der Waals surface area contributed by atoms with Crippen molar-refractivity contribution >= 4 is 27.6 Å². The first-order chi connectivity index (χ1) is 11.8. The van der Waals surface area contributed by atoms with Crippen LogP contribution in [0.5, 0.6) is 0 Å². The Morgan fingerprint density at radius 2 is 2.08 bits per heavy atom. The average Bonchev–Trinajstić information content (AvgIpc) is 2.62. The fourth-order valence-corrected chi connectivity index (χ4v) is 2.52. The molecule has 0 amide bonds. The molecule has 4 nitrogen and oxygen atoms in total. The highest BCUT2D eigenvalue weighted by molar-refractivity contribution is 5.96. The monoisotopic (exact) mass is 312 g/mol. The van der Waals surface area contributed by atoms with Crippen LogP contribution in [0, 0.1) is 11.3 Å². The zero-order valence-corrected chi connectivity index (χ0v) is 13.2. The lowest BCUT2D eigenvalue weighted by Gasteiger charge is -2.10. The van der Waals surface area contributed by atoms with Crippen LogP contribution in [-0.2, 0) is 0 Å². The van der Waals surface area contributed by atoms with Crippen molar-refractivity contribution in [1.29, 1.82) is 5.26 Å². The lowest BCUT2D eigenvalue weighted by atomic mass is 10.1. The highest BCUT2D eigenvalue weighted by atomic mass is 15.0. The van der Waals surface area contributed by atoms with Crippen LogP contribution in [-0.4, -0.2) is 16.5 Å². The van der Waals surface area contributed by atoms with Crippen molar-refractivity contribution in [2.75, 3.05) is 11.9 Å². The molecule has 116 valence electrons. The van der Waals surface area contributed by atoms with Gasteiger partial charge in [0.2, 0.25) is 0 Å². The molecule has 2 heterocycles. The quantitative estimate of drug-likeness (QED) is 0.561. The van der Waals surface area contributed by atoms with Gasteiger partial charge in [0.1, 0.15) is 17.5 Å². The van der Waals surface area contributed by atoms with Gasteiger partial charge in [-0.2, -0.15) is 5.26 Å². The second-order valence-corrected chi connectivity index (χ2v) is 5.25. The maximum Gasteiger partial charge on any atom is 0.146 e. The third kappa shape index (κ3) is 2.88. The minimum absolute atomic E-state index is 0.445. The Kier molecular flexibility index (Phi) is 4.35. The molecule has 3 rings (SSSR count). The summed E-state index contributed by atoms with van der Waals surface area (Å²) in [6.45, 7) is 7.95. The SMILES string of the molecule is C=C/C=C(\C=C)CNc1ncc2cc3ccccc3nc2c1C#N. The molecule has 0 fully saturated rings. The molecule has 0 radical (unpaired) electrons. The smallest absolute Gasteiger partial charge is 0.146 e. The van der Waals surface area contributed by atoms with E-state index in [0.717, 1.165) is 21.9 Å². The Morgan fingerprint density at radius 1 is 1.25 bits per heavy atom. The number of benzene rings is 1. The predicted octanol–water partition coefficient (Wildman–Crippen LogP) is 4.36. The van der Waals surface area contributed by atoms with E-state index < -0.39 is 0 Å². The standard InChI is InChI=1S/C20H16N4/c1-3-7-14(4-2)12-22-20-17(11-21)19-16(13-23-20)10-15-8-5-6-9-18(15)24-19/h3-10,13H,1-2,12H2,(H,22,23)/b14-7+. The van der Waals surface area contributed by atoms with E-state index in [1.54, 1.807) is 18.3 Å². The Balaban J connectivity index is 2.08. The number of rotatable bonds is 5. The van der Waals surface area contributed by atoms with Crippen LogP contribution >= 0.6 is 0 Å². The number of nitrogens with zero attached hydrogens (tertiary/aromatic N) is 3. The van der Waals surface area contributed by atoms with E-state index in [4.69, 9.17) is 0 Å². The maximum atomic E-state index is 9.59. The Hall–Kier alpha value is -3.45. The lowest BCUT2D eigenvalue weighted by Crippen LogP contribution is -2.07. The normalized spacial score (nSPS) is 11.2. The second kappa shape index (κ2) is 6.76. The summed E-state index contributed by atoms with van der Waals surface area (Å²) in [6, 6.07) is 12.1. The van der Waals surface area contributed by atoms with Gasteiger partial charge in [0.05, 0.1) is 11.0 Å². The Bertz CT molecular complexity index is 1010. The Morgan fingerprint density at radius 3 is 2.83 bits per heavy atom. The molecular weight excluding hydrogens is 296 g/mol. The summed E-state index contributed by atoms with van der Waals surface area (Å²) >= 11 is 0. The van der Waals surface area contributed by atoms with Crippen molar-refractivity contribution in [3.63, 3.8) is 0 Å². The van der Waals surface area contributed by atoms with Crippen molar-refractivity contribution in [3.05, 3.63) is 79.1 Å². The first-order valence-electron chi connectivity index (χ1n) is 7.53. The minimum atomic E-state index is 0.445. The first kappa shape index (κ1) is 15.4. The molecule has 1 aromatic carbocycles. The fourth-order valence-electron chi connectivity index (χ4n) is 2.52. The topological polar surface area (TPSA) is 61.6 Å². The van der Waals surface area contributed by atoms with Gasteiger partial charge < -0.3 is 5.32 Å². The first-order valence-corrected chi connectivity index (χ1v) is 7.53. The molecule has 4 heteroatoms. The summed E-state index contributed by atoms with van der Waals surface area (Å²) in [5.41, 5.74) is 2.92. The second-order valence-electron chi connectivity index (χ2n) is 5.25. The molecule has 0 spiro atoms. The Labute approximate surface area is 140 Å². The van der Waals surface area contributed by atoms with E-state index in [1.807, 2.05) is 36.4 Å². The minimum Gasteiger partial charge on any atom is -0.365 e. The van der Waals surface area contributed by atoms with Gasteiger partial charge in [-0.3, -0.25) is 0 Å². The van der Waals surface area contributed by atoms with Gasteiger partial charge in [0.15, 0.2) is 0 Å². The summed E-state index contributed by atoms with van der Waals surface area (Å²) in [6.07, 6.45) is 7.04. The molecule has 0 bridgehead atoms. The van der Waals surface area contributed by atoms with Crippen molar-refractivity contribution in [3.8, 4) is 6.07 Å². The molecule has 0 saturated heterocycles. The highest BCUT2D eigenvalue weighted by Crippen LogP contribution is 2.25. The van der Waals surface area contributed by atoms with Crippen LogP contribution in [0.4, 0.5) is 5.82 Å². The molecule has 24 heavy (non-hydrogen) atoms. The molecule has 0 unspecified atom stereocenters. The molecule has 3 aromatic rings. The number of hydrogen-bond donors (Lipinski definition) is 1. The van der Waals surface area contributed by atoms with Gasteiger partial charge in [-0.15, -0.1) is 0 Å². The van der Waals surface area contributed by atoms with Crippen LogP contribution in [0.15, 0.2) is 73.5 Å². The van der Waals surface area contributed by atoms with Gasteiger partial charge in [0.25, 0.3) is 0 Å². The number of allylic oxidation sites excluding steroid dienone is 2. The van der Waals surface area contributed by atoms with E-state index in [2.05, 4.69) is 34.5 Å². The zero-order chi connectivity index (χ0) is 16.9. The van der Waals surface area contributed by atoms with E-state index in [1.165, 1.54) is 0 Å². The zero-order valence-electron chi connectivity index (χ0n) is 13.2. The molecule has 0 aliphatic heterocycles. The number of fused-ring (bicyclic) bond motifs is 2. The summed E-state index contributed by atoms with van der Waals surface area (Å²) in [4.78, 5) is 9.03. The van der Waals surface area contributed by atoms with E-state index in [-0.39, 0.29) is 0 Å². The van der Waals surface area contributed by atoms with Crippen LogP contribution in [0.25, 0.3) is 21.8 Å². The van der Waals surface area contributed by atoms with E-state index in [9.17, 15) is 5.26 Å². The number of nitriles is 1. The predicted molar refractivity (Wildman–Crippen MR) is 98.7 cm³/mol. The number of hydrogen-bond acceptors (Lipinski definition) is 4. The van der Waals surface area contributed by atoms with Gasteiger partial charge >= 0.3 is 0 Å². The van der Waals surface area contributed by atoms with Crippen molar-refractivity contribution in [2.24, 2.45) is 0 Å². The van der Waals surface area contributed by atoms with Gasteiger partial charge in [-0.25, -0.2) is 9.97 Å². The van der Waals surface area contributed by atoms with Crippen LogP contribution in [0.3, 0.4) is 0 Å². The van der Waals surface area contributed by atoms with Crippen molar-refractivity contribution < 1.29 is 0 Å². The molecular formula is C20H16N4. The van der Waals surface area contributed by atoms with Gasteiger partial charge in [0, 0.05) is 23.5 Å². The summed E-state index contributed by atoms with van der Waals surface area (Å²) in [5, 5.41) is 14.6. The molecule has 0 aliphatic rings. The molecule has 2 aromatic heterocycles. The number of para-hydroxylation sites is 1. The number of anilines is 1. The van der Waals surface area contributed by atoms with E-state index in [0.29, 0.717) is 23.4 Å². The summed E-state index contributed by atoms with van der Waals surface area (Å²) in [5.74, 6) is 0.518. The average molecular weight is 312 g/mol. The summed E-state index contributed by atoms with van der Waals surface area (Å²) in [7, 11) is 0. The molecule has 0 aliphatic carbocycles. The molecule has 0 saturated carbocycles. The highest BCUT2D eigenvalue weighted by Gasteiger charge is 2.11. The molecule has 1 N–H and O–H groups in total. The third-order valence-corrected chi connectivity index (χ3v) is 3.73. The van der Waals surface area contributed by atoms with E-state index >= 15 is 0 Å².